The van der Waals surface area contributed by atoms with Crippen LogP contribution in [0.3, 0.4) is 0 Å². The number of phenols is 1. The van der Waals surface area contributed by atoms with Gasteiger partial charge >= 0.3 is 0 Å². The van der Waals surface area contributed by atoms with Gasteiger partial charge in [0.05, 0.1) is 5.56 Å². The molecule has 1 aromatic heterocycles. The highest BCUT2D eigenvalue weighted by molar-refractivity contribution is 5.95. The van der Waals surface area contributed by atoms with Crippen molar-refractivity contribution in [2.45, 2.75) is 0 Å². The van der Waals surface area contributed by atoms with Gasteiger partial charge in [-0.25, -0.2) is 0 Å². The second kappa shape index (κ2) is 2.86. The van der Waals surface area contributed by atoms with Crippen molar-refractivity contribution < 1.29 is 9.90 Å². The lowest BCUT2D eigenvalue weighted by Crippen LogP contribution is -1.83. The van der Waals surface area contributed by atoms with Crippen LogP contribution in [0.15, 0.2) is 30.6 Å². The van der Waals surface area contributed by atoms with Crippen LogP contribution in [0.1, 0.15) is 10.4 Å². The Kier molecular flexibility index (Phi) is 1.70. The summed E-state index contributed by atoms with van der Waals surface area (Å²) in [5, 5.41) is 11.1. The second-order valence-electron chi connectivity index (χ2n) is 2.72. The smallest absolute Gasteiger partial charge is 0.153 e. The quantitative estimate of drug-likeness (QED) is 0.668. The Hall–Kier alpha value is -1.90. The van der Waals surface area contributed by atoms with Crippen LogP contribution < -0.4 is 0 Å². The second-order valence-corrected chi connectivity index (χ2v) is 2.72. The van der Waals surface area contributed by atoms with Gasteiger partial charge in [-0.05, 0) is 12.1 Å². The van der Waals surface area contributed by atoms with Crippen LogP contribution in [-0.4, -0.2) is 16.4 Å². The lowest BCUT2D eigenvalue weighted by molar-refractivity contribution is 0.112. The zero-order valence-corrected chi connectivity index (χ0v) is 6.77. The van der Waals surface area contributed by atoms with E-state index in [9.17, 15) is 9.90 Å². The summed E-state index contributed by atoms with van der Waals surface area (Å²) in [5.41, 5.74) is 0.304. The van der Waals surface area contributed by atoms with E-state index in [2.05, 4.69) is 4.98 Å². The lowest BCUT2D eigenvalue weighted by atomic mass is 10.1. The van der Waals surface area contributed by atoms with Gasteiger partial charge in [0.15, 0.2) is 6.29 Å². The van der Waals surface area contributed by atoms with Crippen molar-refractivity contribution in [1.82, 2.24) is 4.98 Å². The van der Waals surface area contributed by atoms with Crippen LogP contribution in [0.25, 0.3) is 10.8 Å². The molecular weight excluding hydrogens is 166 g/mol. The van der Waals surface area contributed by atoms with Gasteiger partial charge in [-0.2, -0.15) is 0 Å². The predicted octanol–water partition coefficient (Wildman–Crippen LogP) is 1.75. The fourth-order valence-electron chi connectivity index (χ4n) is 1.26. The third-order valence-electron chi connectivity index (χ3n) is 1.95. The molecule has 0 saturated carbocycles. The maximum absolute atomic E-state index is 10.5. The van der Waals surface area contributed by atoms with Gasteiger partial charge in [-0.3, -0.25) is 9.78 Å². The zero-order chi connectivity index (χ0) is 9.26. The fraction of sp³-hybridized carbons (Fsp3) is 0. The Bertz CT molecular complexity index is 465. The monoisotopic (exact) mass is 173 g/mol. The first-order chi connectivity index (χ1) is 6.33. The highest BCUT2D eigenvalue weighted by Gasteiger charge is 2.03. The number of rotatable bonds is 1. The summed E-state index contributed by atoms with van der Waals surface area (Å²) < 4.78 is 0. The minimum absolute atomic E-state index is 0.0231. The van der Waals surface area contributed by atoms with E-state index in [1.165, 1.54) is 0 Å². The molecule has 2 aromatic rings. The Morgan fingerprint density at radius 2 is 2.15 bits per heavy atom. The predicted molar refractivity (Wildman–Crippen MR) is 48.8 cm³/mol. The molecule has 0 fully saturated rings. The number of aromatic nitrogens is 1. The summed E-state index contributed by atoms with van der Waals surface area (Å²) in [6, 6.07) is 5.01. The fourth-order valence-corrected chi connectivity index (χ4v) is 1.26. The van der Waals surface area contributed by atoms with E-state index in [-0.39, 0.29) is 5.75 Å². The topological polar surface area (TPSA) is 50.2 Å². The normalized spacial score (nSPS) is 10.2. The van der Waals surface area contributed by atoms with E-state index in [1.54, 1.807) is 30.6 Å². The van der Waals surface area contributed by atoms with Gasteiger partial charge in [-0.15, -0.1) is 0 Å². The number of nitrogens with zero attached hydrogens (tertiary/aromatic N) is 1. The van der Waals surface area contributed by atoms with Gasteiger partial charge in [0, 0.05) is 23.2 Å². The highest BCUT2D eigenvalue weighted by atomic mass is 16.3. The third-order valence-corrected chi connectivity index (χ3v) is 1.95. The molecule has 64 valence electrons. The molecule has 3 heteroatoms. The largest absolute Gasteiger partial charge is 0.507 e. The molecule has 0 atom stereocenters. The van der Waals surface area contributed by atoms with Crippen molar-refractivity contribution in [2.75, 3.05) is 0 Å². The van der Waals surface area contributed by atoms with Crippen LogP contribution in [-0.2, 0) is 0 Å². The molecule has 3 nitrogen and oxygen atoms in total. The van der Waals surface area contributed by atoms with E-state index >= 15 is 0 Å². The summed E-state index contributed by atoms with van der Waals surface area (Å²) in [7, 11) is 0. The van der Waals surface area contributed by atoms with Crippen molar-refractivity contribution in [2.24, 2.45) is 0 Å². The third kappa shape index (κ3) is 1.14. The van der Waals surface area contributed by atoms with Crippen LogP contribution >= 0.6 is 0 Å². The van der Waals surface area contributed by atoms with Crippen molar-refractivity contribution in [3.8, 4) is 5.75 Å². The average molecular weight is 173 g/mol. The molecule has 1 N–H and O–H groups in total. The SMILES string of the molecule is O=Cc1ccc2cnccc2c1O. The number of carbonyl (C=O) groups is 1. The number of hydrogen-bond donors (Lipinski definition) is 1. The molecule has 2 rings (SSSR count). The van der Waals surface area contributed by atoms with Gasteiger partial charge in [0.2, 0.25) is 0 Å². The molecule has 1 heterocycles. The molecule has 0 bridgehead atoms. The number of hydrogen-bond acceptors (Lipinski definition) is 3. The maximum atomic E-state index is 10.5. The summed E-state index contributed by atoms with van der Waals surface area (Å²) in [6.07, 6.45) is 3.86. The summed E-state index contributed by atoms with van der Waals surface area (Å²) >= 11 is 0. The molecule has 0 radical (unpaired) electrons. The van der Waals surface area contributed by atoms with Crippen molar-refractivity contribution in [3.05, 3.63) is 36.2 Å². The Morgan fingerprint density at radius 3 is 2.92 bits per heavy atom. The number of aromatic hydroxyl groups is 1. The lowest BCUT2D eigenvalue weighted by Gasteiger charge is -2.01. The first-order valence-corrected chi connectivity index (χ1v) is 3.84. The molecule has 0 aliphatic rings. The summed E-state index contributed by atoms with van der Waals surface area (Å²) in [6.45, 7) is 0. The number of carbonyl (C=O) groups excluding carboxylic acids is 1. The molecule has 0 aliphatic heterocycles. The number of aldehydes is 1. The summed E-state index contributed by atoms with van der Waals surface area (Å²) in [5.74, 6) is 0.0231. The number of benzene rings is 1. The van der Waals surface area contributed by atoms with Gasteiger partial charge in [0.25, 0.3) is 0 Å². The molecule has 13 heavy (non-hydrogen) atoms. The van der Waals surface area contributed by atoms with Crippen molar-refractivity contribution in [1.29, 1.82) is 0 Å². The summed E-state index contributed by atoms with van der Waals surface area (Å²) in [4.78, 5) is 14.4. The number of phenolic OH excluding ortho intramolecular Hbond substituents is 1. The van der Waals surface area contributed by atoms with Crippen LogP contribution in [0.5, 0.6) is 5.75 Å². The Morgan fingerprint density at radius 1 is 1.31 bits per heavy atom. The molecule has 0 spiro atoms. The number of pyridine rings is 1. The Labute approximate surface area is 74.7 Å². The minimum Gasteiger partial charge on any atom is -0.507 e. The minimum atomic E-state index is 0.0231. The molecule has 0 unspecified atom stereocenters. The van der Waals surface area contributed by atoms with Crippen LogP contribution in [0, 0.1) is 0 Å². The zero-order valence-electron chi connectivity index (χ0n) is 6.77. The van der Waals surface area contributed by atoms with Crippen molar-refractivity contribution in [3.63, 3.8) is 0 Å². The first kappa shape index (κ1) is 7.73. The molecule has 0 aliphatic carbocycles. The van der Waals surface area contributed by atoms with E-state index in [4.69, 9.17) is 0 Å². The van der Waals surface area contributed by atoms with E-state index in [0.717, 1.165) is 5.39 Å². The van der Waals surface area contributed by atoms with Crippen LogP contribution in [0.4, 0.5) is 0 Å². The van der Waals surface area contributed by atoms with Gasteiger partial charge in [0.1, 0.15) is 5.75 Å². The first-order valence-electron chi connectivity index (χ1n) is 3.84. The molecule has 0 amide bonds. The van der Waals surface area contributed by atoms with Gasteiger partial charge in [-0.1, -0.05) is 6.07 Å². The van der Waals surface area contributed by atoms with E-state index < -0.39 is 0 Å². The molecular formula is C10H7NO2. The molecule has 0 saturated heterocycles. The van der Waals surface area contributed by atoms with Crippen LogP contribution in [0.2, 0.25) is 0 Å². The average Bonchev–Trinajstić information content (AvgIpc) is 2.19. The Balaban J connectivity index is 2.86. The van der Waals surface area contributed by atoms with E-state index in [0.29, 0.717) is 17.2 Å². The number of fused-ring (bicyclic) bond motifs is 1. The van der Waals surface area contributed by atoms with Gasteiger partial charge < -0.3 is 5.11 Å². The highest BCUT2D eigenvalue weighted by Crippen LogP contribution is 2.26. The maximum Gasteiger partial charge on any atom is 0.153 e. The standard InChI is InChI=1S/C10H7NO2/c12-6-8-2-1-7-5-11-4-3-9(7)10(8)13/h1-6,13H. The van der Waals surface area contributed by atoms with E-state index in [1.807, 2.05) is 0 Å². The molecule has 1 aromatic carbocycles. The van der Waals surface area contributed by atoms with Crippen molar-refractivity contribution >= 4 is 17.1 Å².